The zero-order chi connectivity index (χ0) is 11.3. The monoisotopic (exact) mass is 229 g/mol. The Morgan fingerprint density at radius 2 is 2.33 bits per heavy atom. The first-order valence-electron chi connectivity index (χ1n) is 4.78. The van der Waals surface area contributed by atoms with Crippen molar-refractivity contribution in [2.75, 3.05) is 25.6 Å². The number of nitrogens with zero attached hydrogens (tertiary/aromatic N) is 3. The van der Waals surface area contributed by atoms with Crippen LogP contribution in [0.15, 0.2) is 0 Å². The first kappa shape index (κ1) is 11.9. The number of carbonyl (C=O) groups is 1. The number of methoxy groups -OCH3 is 1. The van der Waals surface area contributed by atoms with E-state index in [1.807, 2.05) is 0 Å². The summed E-state index contributed by atoms with van der Waals surface area (Å²) in [4.78, 5) is 17.1. The standard InChI is InChI=1S/C9H15N3O2S/c1-4-5-7-10-9(15-11-7)12(2)6-8(13)14-3/h4-6H2,1-3H3. The Morgan fingerprint density at radius 1 is 1.60 bits per heavy atom. The van der Waals surface area contributed by atoms with Crippen molar-refractivity contribution >= 4 is 22.6 Å². The van der Waals surface area contributed by atoms with Gasteiger partial charge in [0.05, 0.1) is 7.11 Å². The van der Waals surface area contributed by atoms with Gasteiger partial charge in [0.2, 0.25) is 5.13 Å². The van der Waals surface area contributed by atoms with Gasteiger partial charge in [-0.3, -0.25) is 4.79 Å². The van der Waals surface area contributed by atoms with Gasteiger partial charge in [0.1, 0.15) is 12.4 Å². The van der Waals surface area contributed by atoms with E-state index in [2.05, 4.69) is 21.0 Å². The van der Waals surface area contributed by atoms with Gasteiger partial charge >= 0.3 is 5.97 Å². The maximum atomic E-state index is 11.0. The molecule has 15 heavy (non-hydrogen) atoms. The highest BCUT2D eigenvalue weighted by Crippen LogP contribution is 2.16. The van der Waals surface area contributed by atoms with Gasteiger partial charge < -0.3 is 9.64 Å². The minimum atomic E-state index is -0.273. The number of aromatic nitrogens is 2. The Hall–Kier alpha value is -1.17. The SMILES string of the molecule is CCCc1nsc(N(C)CC(=O)OC)n1. The molecule has 1 aromatic heterocycles. The third kappa shape index (κ3) is 3.47. The summed E-state index contributed by atoms with van der Waals surface area (Å²) in [6.45, 7) is 2.29. The third-order valence-electron chi connectivity index (χ3n) is 1.85. The topological polar surface area (TPSA) is 55.3 Å². The predicted octanol–water partition coefficient (Wildman–Crippen LogP) is 1.10. The van der Waals surface area contributed by atoms with E-state index in [4.69, 9.17) is 0 Å². The van der Waals surface area contributed by atoms with E-state index in [0.717, 1.165) is 23.8 Å². The number of hydrogen-bond donors (Lipinski definition) is 0. The van der Waals surface area contributed by atoms with Crippen LogP contribution in [0.3, 0.4) is 0 Å². The van der Waals surface area contributed by atoms with E-state index in [1.165, 1.54) is 18.6 Å². The molecule has 0 unspecified atom stereocenters. The Balaban J connectivity index is 2.57. The van der Waals surface area contributed by atoms with Gasteiger partial charge in [-0.25, -0.2) is 4.98 Å². The molecule has 0 aromatic carbocycles. The number of rotatable bonds is 5. The summed E-state index contributed by atoms with van der Waals surface area (Å²) in [5.41, 5.74) is 0. The molecule has 0 N–H and O–H groups in total. The summed E-state index contributed by atoms with van der Waals surface area (Å²) in [5, 5.41) is 0.754. The fraction of sp³-hybridized carbons (Fsp3) is 0.667. The van der Waals surface area contributed by atoms with Crippen LogP contribution >= 0.6 is 11.5 Å². The summed E-state index contributed by atoms with van der Waals surface area (Å²) >= 11 is 1.31. The van der Waals surface area contributed by atoms with Gasteiger partial charge in [-0.2, -0.15) is 4.37 Å². The minimum absolute atomic E-state index is 0.206. The molecule has 0 saturated heterocycles. The van der Waals surface area contributed by atoms with E-state index < -0.39 is 0 Å². The first-order valence-corrected chi connectivity index (χ1v) is 5.55. The highest BCUT2D eigenvalue weighted by atomic mass is 32.1. The molecule has 1 heterocycles. The summed E-state index contributed by atoms with van der Waals surface area (Å²) in [5.74, 6) is 0.568. The molecule has 0 radical (unpaired) electrons. The number of aryl methyl sites for hydroxylation is 1. The van der Waals surface area contributed by atoms with Crippen LogP contribution in [0.4, 0.5) is 5.13 Å². The molecular weight excluding hydrogens is 214 g/mol. The summed E-state index contributed by atoms with van der Waals surface area (Å²) < 4.78 is 8.77. The van der Waals surface area contributed by atoms with E-state index in [0.29, 0.717) is 0 Å². The van der Waals surface area contributed by atoms with Gasteiger partial charge in [0.15, 0.2) is 0 Å². The lowest BCUT2D eigenvalue weighted by molar-refractivity contribution is -0.138. The molecule has 5 nitrogen and oxygen atoms in total. The smallest absolute Gasteiger partial charge is 0.325 e. The van der Waals surface area contributed by atoms with Crippen molar-refractivity contribution in [1.29, 1.82) is 0 Å². The lowest BCUT2D eigenvalue weighted by atomic mass is 10.3. The summed E-state index contributed by atoms with van der Waals surface area (Å²) in [7, 11) is 3.17. The Kier molecular flexibility index (Phi) is 4.48. The van der Waals surface area contributed by atoms with Crippen molar-refractivity contribution in [2.24, 2.45) is 0 Å². The van der Waals surface area contributed by atoms with E-state index >= 15 is 0 Å². The first-order chi connectivity index (χ1) is 7.17. The second-order valence-corrected chi connectivity index (χ2v) is 3.91. The largest absolute Gasteiger partial charge is 0.468 e. The predicted molar refractivity (Wildman–Crippen MR) is 59.2 cm³/mol. The van der Waals surface area contributed by atoms with Gasteiger partial charge in [-0.05, 0) is 6.42 Å². The number of ether oxygens (including phenoxy) is 1. The normalized spacial score (nSPS) is 10.1. The molecule has 0 amide bonds. The summed E-state index contributed by atoms with van der Waals surface area (Å²) in [6, 6.07) is 0. The van der Waals surface area contributed by atoms with Crippen LogP contribution in [0.1, 0.15) is 19.2 Å². The minimum Gasteiger partial charge on any atom is -0.468 e. The average Bonchev–Trinajstić information content (AvgIpc) is 2.67. The number of hydrogen-bond acceptors (Lipinski definition) is 6. The molecule has 1 rings (SSSR count). The van der Waals surface area contributed by atoms with Crippen LogP contribution in [0.2, 0.25) is 0 Å². The van der Waals surface area contributed by atoms with E-state index in [1.54, 1.807) is 11.9 Å². The molecule has 0 aliphatic heterocycles. The van der Waals surface area contributed by atoms with Crippen LogP contribution in [0, 0.1) is 0 Å². The van der Waals surface area contributed by atoms with Crippen molar-refractivity contribution in [3.8, 4) is 0 Å². The second-order valence-electron chi connectivity index (χ2n) is 3.18. The molecule has 0 aliphatic carbocycles. The highest BCUT2D eigenvalue weighted by Gasteiger charge is 2.11. The molecule has 0 fully saturated rings. The van der Waals surface area contributed by atoms with Gasteiger partial charge in [-0.15, -0.1) is 0 Å². The fourth-order valence-electron chi connectivity index (χ4n) is 1.05. The number of esters is 1. The molecule has 0 spiro atoms. The summed E-state index contributed by atoms with van der Waals surface area (Å²) in [6.07, 6.45) is 1.90. The Labute approximate surface area is 93.2 Å². The molecule has 0 aliphatic rings. The molecule has 84 valence electrons. The van der Waals surface area contributed by atoms with Gasteiger partial charge in [0.25, 0.3) is 0 Å². The molecule has 0 atom stereocenters. The molecule has 1 aromatic rings. The van der Waals surface area contributed by atoms with Crippen molar-refractivity contribution < 1.29 is 9.53 Å². The lowest BCUT2D eigenvalue weighted by Gasteiger charge is -2.12. The second kappa shape index (κ2) is 5.65. The maximum absolute atomic E-state index is 11.0. The van der Waals surface area contributed by atoms with E-state index in [9.17, 15) is 4.79 Å². The molecule has 6 heteroatoms. The van der Waals surface area contributed by atoms with Crippen LogP contribution in [0.25, 0.3) is 0 Å². The number of anilines is 1. The van der Waals surface area contributed by atoms with Gasteiger partial charge in [0, 0.05) is 25.0 Å². The molecule has 0 bridgehead atoms. The number of likely N-dealkylation sites (N-methyl/N-ethyl adjacent to an activating group) is 1. The Morgan fingerprint density at radius 3 is 2.93 bits per heavy atom. The van der Waals surface area contributed by atoms with Crippen LogP contribution in [-0.4, -0.2) is 36.0 Å². The fourth-order valence-corrected chi connectivity index (χ4v) is 1.72. The Bertz CT molecular complexity index is 327. The quantitative estimate of drug-likeness (QED) is 0.708. The van der Waals surface area contributed by atoms with Crippen molar-refractivity contribution in [3.05, 3.63) is 5.82 Å². The van der Waals surface area contributed by atoms with Gasteiger partial charge in [-0.1, -0.05) is 6.92 Å². The zero-order valence-electron chi connectivity index (χ0n) is 9.19. The molecular formula is C9H15N3O2S. The van der Waals surface area contributed by atoms with Crippen LogP contribution in [0.5, 0.6) is 0 Å². The van der Waals surface area contributed by atoms with Crippen LogP contribution < -0.4 is 4.90 Å². The number of carbonyl (C=O) groups excluding carboxylic acids is 1. The molecule has 0 saturated carbocycles. The van der Waals surface area contributed by atoms with Crippen molar-refractivity contribution in [3.63, 3.8) is 0 Å². The van der Waals surface area contributed by atoms with Crippen molar-refractivity contribution in [1.82, 2.24) is 9.36 Å². The highest BCUT2D eigenvalue weighted by molar-refractivity contribution is 7.09. The third-order valence-corrected chi connectivity index (χ3v) is 2.72. The zero-order valence-corrected chi connectivity index (χ0v) is 10.0. The van der Waals surface area contributed by atoms with Crippen molar-refractivity contribution in [2.45, 2.75) is 19.8 Å². The maximum Gasteiger partial charge on any atom is 0.325 e. The lowest BCUT2D eigenvalue weighted by Crippen LogP contribution is -2.26. The van der Waals surface area contributed by atoms with E-state index in [-0.39, 0.29) is 12.5 Å². The van der Waals surface area contributed by atoms with Crippen LogP contribution in [-0.2, 0) is 16.0 Å². The average molecular weight is 229 g/mol.